The standard InChI is InChI=1S/C12H17N3O/c1-11-2-4-12(5-3-11)10-14-6-8-15(13-16)9-7-14/h2-5H,6-10H2,1H3. The molecular weight excluding hydrogens is 202 g/mol. The highest BCUT2D eigenvalue weighted by Crippen LogP contribution is 2.09. The first-order valence-corrected chi connectivity index (χ1v) is 5.64. The van der Waals surface area contributed by atoms with Crippen LogP contribution in [0.4, 0.5) is 0 Å². The van der Waals surface area contributed by atoms with Gasteiger partial charge in [-0.05, 0) is 12.5 Å². The summed E-state index contributed by atoms with van der Waals surface area (Å²) in [5.74, 6) is 0. The molecule has 1 heterocycles. The summed E-state index contributed by atoms with van der Waals surface area (Å²) in [4.78, 5) is 12.7. The first-order valence-electron chi connectivity index (χ1n) is 5.64. The molecule has 0 saturated carbocycles. The number of piperazine rings is 1. The highest BCUT2D eigenvalue weighted by molar-refractivity contribution is 5.21. The molecule has 2 rings (SSSR count). The summed E-state index contributed by atoms with van der Waals surface area (Å²) >= 11 is 0. The van der Waals surface area contributed by atoms with E-state index in [2.05, 4.69) is 41.4 Å². The number of benzene rings is 1. The lowest BCUT2D eigenvalue weighted by Crippen LogP contribution is -2.43. The predicted octanol–water partition coefficient (Wildman–Crippen LogP) is 1.79. The molecule has 1 aromatic carbocycles. The summed E-state index contributed by atoms with van der Waals surface area (Å²) in [6.07, 6.45) is 0. The van der Waals surface area contributed by atoms with Crippen molar-refractivity contribution in [2.45, 2.75) is 13.5 Å². The summed E-state index contributed by atoms with van der Waals surface area (Å²) < 4.78 is 0. The van der Waals surface area contributed by atoms with Crippen molar-refractivity contribution >= 4 is 0 Å². The Balaban J connectivity index is 1.86. The Morgan fingerprint density at radius 1 is 1.12 bits per heavy atom. The van der Waals surface area contributed by atoms with Gasteiger partial charge in [-0.25, -0.2) is 0 Å². The van der Waals surface area contributed by atoms with Crippen LogP contribution in [-0.4, -0.2) is 36.1 Å². The second kappa shape index (κ2) is 5.07. The van der Waals surface area contributed by atoms with E-state index >= 15 is 0 Å². The van der Waals surface area contributed by atoms with E-state index in [1.807, 2.05) is 0 Å². The molecule has 0 radical (unpaired) electrons. The van der Waals surface area contributed by atoms with Gasteiger partial charge in [0.25, 0.3) is 0 Å². The zero-order valence-electron chi connectivity index (χ0n) is 9.59. The van der Waals surface area contributed by atoms with Crippen molar-refractivity contribution in [2.24, 2.45) is 5.29 Å². The van der Waals surface area contributed by atoms with Gasteiger partial charge in [0, 0.05) is 19.6 Å². The van der Waals surface area contributed by atoms with Gasteiger partial charge in [-0.1, -0.05) is 29.8 Å². The lowest BCUT2D eigenvalue weighted by Gasteiger charge is -2.31. The third-order valence-electron chi connectivity index (χ3n) is 2.99. The lowest BCUT2D eigenvalue weighted by molar-refractivity contribution is 0.129. The fourth-order valence-corrected chi connectivity index (χ4v) is 1.93. The van der Waals surface area contributed by atoms with Gasteiger partial charge >= 0.3 is 0 Å². The fraction of sp³-hybridized carbons (Fsp3) is 0.500. The maximum Gasteiger partial charge on any atom is 0.0524 e. The monoisotopic (exact) mass is 219 g/mol. The molecule has 1 fully saturated rings. The van der Waals surface area contributed by atoms with Crippen molar-refractivity contribution in [1.82, 2.24) is 9.91 Å². The van der Waals surface area contributed by atoms with Gasteiger partial charge in [-0.15, -0.1) is 4.91 Å². The van der Waals surface area contributed by atoms with Gasteiger partial charge in [0.15, 0.2) is 0 Å². The molecule has 86 valence electrons. The molecular formula is C12H17N3O. The number of aryl methyl sites for hydroxylation is 1. The first-order chi connectivity index (χ1) is 7.78. The molecule has 1 aliphatic rings. The molecule has 0 bridgehead atoms. The maximum absolute atomic E-state index is 10.3. The summed E-state index contributed by atoms with van der Waals surface area (Å²) in [5, 5.41) is 4.55. The van der Waals surface area contributed by atoms with Crippen LogP contribution in [0.2, 0.25) is 0 Å². The van der Waals surface area contributed by atoms with Gasteiger partial charge in [-0.2, -0.15) is 0 Å². The fourth-order valence-electron chi connectivity index (χ4n) is 1.93. The van der Waals surface area contributed by atoms with E-state index in [0.717, 1.165) is 32.7 Å². The molecule has 0 unspecified atom stereocenters. The van der Waals surface area contributed by atoms with E-state index in [-0.39, 0.29) is 0 Å². The Bertz CT molecular complexity index is 342. The van der Waals surface area contributed by atoms with Crippen LogP contribution in [0, 0.1) is 11.8 Å². The van der Waals surface area contributed by atoms with Gasteiger partial charge in [-0.3, -0.25) is 9.91 Å². The van der Waals surface area contributed by atoms with Gasteiger partial charge in [0.05, 0.1) is 18.4 Å². The zero-order valence-corrected chi connectivity index (χ0v) is 9.59. The highest BCUT2D eigenvalue weighted by atomic mass is 16.3. The molecule has 0 aliphatic carbocycles. The van der Waals surface area contributed by atoms with Crippen LogP contribution in [-0.2, 0) is 6.54 Å². The lowest BCUT2D eigenvalue weighted by atomic mass is 10.1. The SMILES string of the molecule is Cc1ccc(CN2CCN(N=O)CC2)cc1. The Morgan fingerprint density at radius 2 is 1.75 bits per heavy atom. The van der Waals surface area contributed by atoms with Crippen LogP contribution in [0.3, 0.4) is 0 Å². The third kappa shape index (κ3) is 2.79. The Hall–Kier alpha value is -1.42. The molecule has 1 aromatic rings. The molecule has 4 heteroatoms. The van der Waals surface area contributed by atoms with Crippen LogP contribution in [0.5, 0.6) is 0 Å². The smallest absolute Gasteiger partial charge is 0.0524 e. The average Bonchev–Trinajstić information content (AvgIpc) is 2.33. The summed E-state index contributed by atoms with van der Waals surface area (Å²) in [5.41, 5.74) is 2.62. The van der Waals surface area contributed by atoms with Gasteiger partial charge in [0.2, 0.25) is 0 Å². The third-order valence-corrected chi connectivity index (χ3v) is 2.99. The predicted molar refractivity (Wildman–Crippen MR) is 63.8 cm³/mol. The van der Waals surface area contributed by atoms with E-state index in [9.17, 15) is 4.91 Å². The number of nitroso groups, excluding NO2 is 1. The van der Waals surface area contributed by atoms with Crippen molar-refractivity contribution in [3.05, 3.63) is 40.3 Å². The minimum atomic E-state index is 0.745. The number of hydrogen-bond donors (Lipinski definition) is 0. The Labute approximate surface area is 95.8 Å². The highest BCUT2D eigenvalue weighted by Gasteiger charge is 2.15. The summed E-state index contributed by atoms with van der Waals surface area (Å²) in [6, 6.07) is 8.61. The van der Waals surface area contributed by atoms with Crippen molar-refractivity contribution in [3.8, 4) is 0 Å². The second-order valence-corrected chi connectivity index (χ2v) is 4.30. The molecule has 16 heavy (non-hydrogen) atoms. The topological polar surface area (TPSA) is 35.9 Å². The maximum atomic E-state index is 10.3. The quantitative estimate of drug-likeness (QED) is 0.727. The van der Waals surface area contributed by atoms with Crippen LogP contribution >= 0.6 is 0 Å². The molecule has 1 aliphatic heterocycles. The van der Waals surface area contributed by atoms with E-state index in [1.165, 1.54) is 11.1 Å². The average molecular weight is 219 g/mol. The van der Waals surface area contributed by atoms with Crippen molar-refractivity contribution < 1.29 is 0 Å². The summed E-state index contributed by atoms with van der Waals surface area (Å²) in [7, 11) is 0. The Kier molecular flexibility index (Phi) is 3.51. The van der Waals surface area contributed by atoms with Crippen molar-refractivity contribution in [2.75, 3.05) is 26.2 Å². The number of rotatable bonds is 3. The van der Waals surface area contributed by atoms with Crippen LogP contribution in [0.1, 0.15) is 11.1 Å². The number of hydrogen-bond acceptors (Lipinski definition) is 3. The minimum Gasteiger partial charge on any atom is -0.295 e. The largest absolute Gasteiger partial charge is 0.295 e. The van der Waals surface area contributed by atoms with E-state index < -0.39 is 0 Å². The normalized spacial score (nSPS) is 17.4. The van der Waals surface area contributed by atoms with Crippen molar-refractivity contribution in [3.63, 3.8) is 0 Å². The second-order valence-electron chi connectivity index (χ2n) is 4.30. The van der Waals surface area contributed by atoms with E-state index in [1.54, 1.807) is 5.01 Å². The van der Waals surface area contributed by atoms with Gasteiger partial charge < -0.3 is 0 Å². The number of nitrogens with zero attached hydrogens (tertiary/aromatic N) is 3. The molecule has 0 spiro atoms. The summed E-state index contributed by atoms with van der Waals surface area (Å²) in [6.45, 7) is 6.38. The van der Waals surface area contributed by atoms with Crippen LogP contribution in [0.15, 0.2) is 29.6 Å². The zero-order chi connectivity index (χ0) is 11.4. The molecule has 4 nitrogen and oxygen atoms in total. The minimum absolute atomic E-state index is 0.745. The van der Waals surface area contributed by atoms with Crippen LogP contribution < -0.4 is 0 Å². The molecule has 0 atom stereocenters. The van der Waals surface area contributed by atoms with E-state index in [0.29, 0.717) is 0 Å². The molecule has 0 aromatic heterocycles. The van der Waals surface area contributed by atoms with Crippen LogP contribution in [0.25, 0.3) is 0 Å². The molecule has 0 N–H and O–H groups in total. The first kappa shape index (κ1) is 11.1. The Morgan fingerprint density at radius 3 is 2.31 bits per heavy atom. The van der Waals surface area contributed by atoms with Gasteiger partial charge in [0.1, 0.15) is 0 Å². The molecule has 1 saturated heterocycles. The van der Waals surface area contributed by atoms with Crippen molar-refractivity contribution in [1.29, 1.82) is 0 Å². The molecule has 0 amide bonds. The van der Waals surface area contributed by atoms with E-state index in [4.69, 9.17) is 0 Å².